The van der Waals surface area contributed by atoms with Gasteiger partial charge in [-0.1, -0.05) is 25.0 Å². The zero-order chi connectivity index (χ0) is 18.8. The van der Waals surface area contributed by atoms with Crippen LogP contribution in [0.1, 0.15) is 37.7 Å². The first kappa shape index (κ1) is 23.8. The number of hydrogen-bond donors (Lipinski definition) is 2. The summed E-state index contributed by atoms with van der Waals surface area (Å²) in [6.07, 6.45) is 6.21. The highest BCUT2D eigenvalue weighted by Crippen LogP contribution is 2.40. The van der Waals surface area contributed by atoms with E-state index in [0.717, 1.165) is 42.6 Å². The van der Waals surface area contributed by atoms with E-state index in [1.807, 2.05) is 18.2 Å². The quantitative estimate of drug-likeness (QED) is 0.314. The lowest BCUT2D eigenvalue weighted by Crippen LogP contribution is -2.43. The van der Waals surface area contributed by atoms with Gasteiger partial charge in [-0.15, -0.1) is 24.0 Å². The fraction of sp³-hybridized carbons (Fsp3) is 0.650. The molecule has 1 fully saturated rings. The summed E-state index contributed by atoms with van der Waals surface area (Å²) >= 11 is 0. The highest BCUT2D eigenvalue weighted by molar-refractivity contribution is 14.0. The molecule has 2 N–H and O–H groups in total. The third-order valence-corrected chi connectivity index (χ3v) is 5.29. The van der Waals surface area contributed by atoms with Gasteiger partial charge in [-0.25, -0.2) is 0 Å². The Bertz CT molecular complexity index is 590. The van der Waals surface area contributed by atoms with Crippen LogP contribution in [0.2, 0.25) is 0 Å². The zero-order valence-electron chi connectivity index (χ0n) is 17.0. The number of rotatable bonds is 9. The van der Waals surface area contributed by atoms with Crippen molar-refractivity contribution in [1.82, 2.24) is 10.6 Å². The minimum Gasteiger partial charge on any atom is -0.493 e. The van der Waals surface area contributed by atoms with E-state index in [4.69, 9.17) is 14.2 Å². The molecule has 6 nitrogen and oxygen atoms in total. The molecule has 1 aliphatic rings. The van der Waals surface area contributed by atoms with Gasteiger partial charge in [0.1, 0.15) is 0 Å². The van der Waals surface area contributed by atoms with Gasteiger partial charge in [-0.2, -0.15) is 0 Å². The molecule has 0 spiro atoms. The Morgan fingerprint density at radius 1 is 1.11 bits per heavy atom. The summed E-state index contributed by atoms with van der Waals surface area (Å²) in [7, 11) is 6.89. The fourth-order valence-electron chi connectivity index (χ4n) is 3.72. The summed E-state index contributed by atoms with van der Waals surface area (Å²) in [5.41, 5.74) is 1.35. The molecule has 0 bridgehead atoms. The number of benzene rings is 1. The fourth-order valence-corrected chi connectivity index (χ4v) is 3.72. The SMILES string of the molecule is CN=C(NCc1cccc(OC)c1OC)NCC1(CCOC)CCCC1.I. The Labute approximate surface area is 180 Å². The Morgan fingerprint density at radius 3 is 2.44 bits per heavy atom. The Balaban J connectivity index is 0.00000364. The molecule has 1 saturated carbocycles. The summed E-state index contributed by atoms with van der Waals surface area (Å²) in [6, 6.07) is 5.89. The smallest absolute Gasteiger partial charge is 0.191 e. The van der Waals surface area contributed by atoms with E-state index in [1.165, 1.54) is 25.7 Å². The Hall–Kier alpha value is -1.22. The number of methoxy groups -OCH3 is 3. The number of para-hydroxylation sites is 1. The van der Waals surface area contributed by atoms with Crippen molar-refractivity contribution in [3.8, 4) is 11.5 Å². The topological polar surface area (TPSA) is 64.1 Å². The number of hydrogen-bond acceptors (Lipinski definition) is 4. The average molecular weight is 491 g/mol. The number of aliphatic imine (C=N–C) groups is 1. The molecule has 0 radical (unpaired) electrons. The van der Waals surface area contributed by atoms with Gasteiger partial charge in [-0.05, 0) is 30.7 Å². The lowest BCUT2D eigenvalue weighted by Gasteiger charge is -2.30. The minimum absolute atomic E-state index is 0. The van der Waals surface area contributed by atoms with E-state index in [1.54, 1.807) is 28.4 Å². The van der Waals surface area contributed by atoms with Crippen LogP contribution in [0.15, 0.2) is 23.2 Å². The van der Waals surface area contributed by atoms with Crippen LogP contribution in [0.25, 0.3) is 0 Å². The molecule has 7 heteroatoms. The largest absolute Gasteiger partial charge is 0.493 e. The lowest BCUT2D eigenvalue weighted by molar-refractivity contribution is 0.138. The normalized spacial score (nSPS) is 15.8. The second-order valence-corrected chi connectivity index (χ2v) is 6.88. The third kappa shape index (κ3) is 6.71. The van der Waals surface area contributed by atoms with Gasteiger partial charge in [0, 0.05) is 39.4 Å². The lowest BCUT2D eigenvalue weighted by atomic mass is 9.83. The van der Waals surface area contributed by atoms with Crippen LogP contribution in [-0.4, -0.2) is 47.5 Å². The zero-order valence-corrected chi connectivity index (χ0v) is 19.3. The summed E-state index contributed by atoms with van der Waals surface area (Å²) in [4.78, 5) is 4.36. The van der Waals surface area contributed by atoms with Crippen molar-refractivity contribution in [3.63, 3.8) is 0 Å². The van der Waals surface area contributed by atoms with E-state index in [9.17, 15) is 0 Å². The summed E-state index contributed by atoms with van der Waals surface area (Å²) in [5, 5.41) is 6.89. The van der Waals surface area contributed by atoms with Crippen LogP contribution >= 0.6 is 24.0 Å². The second-order valence-electron chi connectivity index (χ2n) is 6.88. The molecule has 1 aromatic carbocycles. The van der Waals surface area contributed by atoms with Crippen molar-refractivity contribution in [2.75, 3.05) is 41.5 Å². The van der Waals surface area contributed by atoms with Crippen LogP contribution in [0.3, 0.4) is 0 Å². The molecule has 0 saturated heterocycles. The van der Waals surface area contributed by atoms with E-state index < -0.39 is 0 Å². The maximum atomic E-state index is 5.50. The van der Waals surface area contributed by atoms with Gasteiger partial charge in [0.2, 0.25) is 0 Å². The van der Waals surface area contributed by atoms with E-state index >= 15 is 0 Å². The predicted octanol–water partition coefficient (Wildman–Crippen LogP) is 3.58. The molecule has 0 atom stereocenters. The highest BCUT2D eigenvalue weighted by atomic mass is 127. The first-order chi connectivity index (χ1) is 12.7. The van der Waals surface area contributed by atoms with Crippen molar-refractivity contribution in [1.29, 1.82) is 0 Å². The maximum absolute atomic E-state index is 5.50. The van der Waals surface area contributed by atoms with Crippen molar-refractivity contribution < 1.29 is 14.2 Å². The van der Waals surface area contributed by atoms with Crippen LogP contribution < -0.4 is 20.1 Å². The van der Waals surface area contributed by atoms with Gasteiger partial charge in [0.15, 0.2) is 17.5 Å². The second kappa shape index (κ2) is 12.3. The van der Waals surface area contributed by atoms with Gasteiger partial charge < -0.3 is 24.8 Å². The molecular formula is C20H34IN3O3. The van der Waals surface area contributed by atoms with Crippen LogP contribution in [0.5, 0.6) is 11.5 Å². The van der Waals surface area contributed by atoms with Crippen LogP contribution in [0.4, 0.5) is 0 Å². The molecule has 154 valence electrons. The predicted molar refractivity (Wildman–Crippen MR) is 121 cm³/mol. The van der Waals surface area contributed by atoms with Gasteiger partial charge >= 0.3 is 0 Å². The Kier molecular flexibility index (Phi) is 10.8. The molecule has 0 heterocycles. The highest BCUT2D eigenvalue weighted by Gasteiger charge is 2.33. The molecule has 2 rings (SSSR count). The maximum Gasteiger partial charge on any atom is 0.191 e. The molecule has 0 aromatic heterocycles. The van der Waals surface area contributed by atoms with Crippen molar-refractivity contribution in [3.05, 3.63) is 23.8 Å². The molecular weight excluding hydrogens is 457 g/mol. The molecule has 0 amide bonds. The first-order valence-corrected chi connectivity index (χ1v) is 9.31. The third-order valence-electron chi connectivity index (χ3n) is 5.29. The standard InChI is InChI=1S/C20H33N3O3.HI/c1-21-19(23-15-20(12-13-24-2)10-5-6-11-20)22-14-16-8-7-9-17(25-3)18(16)26-4;/h7-9H,5-6,10-15H2,1-4H3,(H2,21,22,23);1H. The number of nitrogens with one attached hydrogen (secondary N) is 2. The van der Waals surface area contributed by atoms with Crippen molar-refractivity contribution in [2.24, 2.45) is 10.4 Å². The van der Waals surface area contributed by atoms with Gasteiger partial charge in [0.05, 0.1) is 14.2 Å². The molecule has 0 unspecified atom stereocenters. The van der Waals surface area contributed by atoms with Crippen molar-refractivity contribution >= 4 is 29.9 Å². The number of guanidine groups is 1. The molecule has 0 aliphatic heterocycles. The van der Waals surface area contributed by atoms with Gasteiger partial charge in [0.25, 0.3) is 0 Å². The summed E-state index contributed by atoms with van der Waals surface area (Å²) < 4.78 is 16.2. The monoisotopic (exact) mass is 491 g/mol. The molecule has 1 aromatic rings. The number of halogens is 1. The van der Waals surface area contributed by atoms with E-state index in [0.29, 0.717) is 12.0 Å². The van der Waals surface area contributed by atoms with Crippen LogP contribution in [-0.2, 0) is 11.3 Å². The Morgan fingerprint density at radius 2 is 1.85 bits per heavy atom. The first-order valence-electron chi connectivity index (χ1n) is 9.31. The van der Waals surface area contributed by atoms with Gasteiger partial charge in [-0.3, -0.25) is 4.99 Å². The minimum atomic E-state index is 0. The average Bonchev–Trinajstić information content (AvgIpc) is 3.15. The van der Waals surface area contributed by atoms with E-state index in [-0.39, 0.29) is 24.0 Å². The number of ether oxygens (including phenoxy) is 3. The van der Waals surface area contributed by atoms with E-state index in [2.05, 4.69) is 15.6 Å². The molecule has 1 aliphatic carbocycles. The summed E-state index contributed by atoms with van der Waals surface area (Å²) in [6.45, 7) is 2.35. The van der Waals surface area contributed by atoms with Crippen LogP contribution in [0, 0.1) is 5.41 Å². The molecule has 27 heavy (non-hydrogen) atoms. The van der Waals surface area contributed by atoms with Crippen molar-refractivity contribution in [2.45, 2.75) is 38.6 Å². The number of nitrogens with zero attached hydrogens (tertiary/aromatic N) is 1. The summed E-state index contributed by atoms with van der Waals surface area (Å²) in [5.74, 6) is 2.29.